The highest BCUT2D eigenvalue weighted by molar-refractivity contribution is 7.80. The van der Waals surface area contributed by atoms with Crippen molar-refractivity contribution in [1.82, 2.24) is 10.2 Å². The number of rotatable bonds is 4. The van der Waals surface area contributed by atoms with Gasteiger partial charge in [-0.05, 0) is 42.4 Å². The summed E-state index contributed by atoms with van der Waals surface area (Å²) in [6, 6.07) is 4.93. The van der Waals surface area contributed by atoms with Crippen molar-refractivity contribution in [2.75, 3.05) is 13.7 Å². The monoisotopic (exact) mass is 292 g/mol. The molecule has 5 nitrogen and oxygen atoms in total. The molecule has 1 aliphatic heterocycles. The quantitative estimate of drug-likeness (QED) is 0.655. The van der Waals surface area contributed by atoms with E-state index in [2.05, 4.69) is 5.32 Å². The van der Waals surface area contributed by atoms with Crippen LogP contribution in [0, 0.1) is 0 Å². The number of nitrogens with one attached hydrogen (secondary N) is 1. The minimum atomic E-state index is -0.146. The maximum Gasteiger partial charge on any atom is 0.276 e. The summed E-state index contributed by atoms with van der Waals surface area (Å²) in [7, 11) is 1.48. The first-order valence-electron chi connectivity index (χ1n) is 6.28. The predicted molar refractivity (Wildman–Crippen MR) is 80.4 cm³/mol. The topological polar surface area (TPSA) is 61.8 Å². The SMILES string of the molecule is CCCN1C(=O)C(=Cc2ccc(OC)c(O)c2)NC1=S. The van der Waals surface area contributed by atoms with Crippen molar-refractivity contribution in [1.29, 1.82) is 0 Å². The maximum absolute atomic E-state index is 12.1. The van der Waals surface area contributed by atoms with Crippen molar-refractivity contribution < 1.29 is 14.6 Å². The molecule has 0 unspecified atom stereocenters. The van der Waals surface area contributed by atoms with Crippen LogP contribution >= 0.6 is 12.2 Å². The Morgan fingerprint density at radius 3 is 2.85 bits per heavy atom. The first-order chi connectivity index (χ1) is 9.56. The number of hydrogen-bond acceptors (Lipinski definition) is 4. The number of carbonyl (C=O) groups is 1. The first-order valence-corrected chi connectivity index (χ1v) is 6.69. The van der Waals surface area contributed by atoms with Crippen LogP contribution < -0.4 is 10.1 Å². The summed E-state index contributed by atoms with van der Waals surface area (Å²) in [5.74, 6) is 0.272. The van der Waals surface area contributed by atoms with Crippen molar-refractivity contribution in [2.24, 2.45) is 0 Å². The maximum atomic E-state index is 12.1. The summed E-state index contributed by atoms with van der Waals surface area (Å²) in [6.07, 6.45) is 2.49. The van der Waals surface area contributed by atoms with Crippen molar-refractivity contribution >= 4 is 29.3 Å². The van der Waals surface area contributed by atoms with E-state index in [1.807, 2.05) is 6.92 Å². The van der Waals surface area contributed by atoms with Gasteiger partial charge in [0.15, 0.2) is 16.6 Å². The van der Waals surface area contributed by atoms with Gasteiger partial charge < -0.3 is 15.2 Å². The lowest BCUT2D eigenvalue weighted by Crippen LogP contribution is -2.31. The molecule has 2 N–H and O–H groups in total. The number of thiocarbonyl (C=S) groups is 1. The average Bonchev–Trinajstić information content (AvgIpc) is 2.67. The number of ether oxygens (including phenoxy) is 1. The number of benzene rings is 1. The third-order valence-corrected chi connectivity index (χ3v) is 3.25. The Morgan fingerprint density at radius 2 is 2.25 bits per heavy atom. The molecule has 6 heteroatoms. The number of carbonyl (C=O) groups excluding carboxylic acids is 1. The minimum Gasteiger partial charge on any atom is -0.504 e. The number of phenols is 1. The Kier molecular flexibility index (Phi) is 4.24. The fourth-order valence-corrected chi connectivity index (χ4v) is 2.25. The highest BCUT2D eigenvalue weighted by atomic mass is 32.1. The van der Waals surface area contributed by atoms with Crippen LogP contribution in [-0.4, -0.2) is 34.7 Å². The van der Waals surface area contributed by atoms with Crippen LogP contribution in [0.15, 0.2) is 23.9 Å². The molecule has 1 heterocycles. The van der Waals surface area contributed by atoms with Crippen LogP contribution in [0.5, 0.6) is 11.5 Å². The second-order valence-corrected chi connectivity index (χ2v) is 4.76. The van der Waals surface area contributed by atoms with E-state index in [9.17, 15) is 9.90 Å². The molecule has 0 bridgehead atoms. The molecule has 20 heavy (non-hydrogen) atoms. The zero-order valence-electron chi connectivity index (χ0n) is 11.3. The zero-order chi connectivity index (χ0) is 14.7. The highest BCUT2D eigenvalue weighted by Gasteiger charge is 2.29. The third kappa shape index (κ3) is 2.75. The van der Waals surface area contributed by atoms with Gasteiger partial charge in [-0.2, -0.15) is 0 Å². The number of methoxy groups -OCH3 is 1. The van der Waals surface area contributed by atoms with Crippen molar-refractivity contribution in [2.45, 2.75) is 13.3 Å². The Balaban J connectivity index is 2.26. The van der Waals surface area contributed by atoms with Gasteiger partial charge in [-0.25, -0.2) is 0 Å². The van der Waals surface area contributed by atoms with Gasteiger partial charge in [0, 0.05) is 6.54 Å². The number of nitrogens with zero attached hydrogens (tertiary/aromatic N) is 1. The third-order valence-electron chi connectivity index (χ3n) is 2.92. The second-order valence-electron chi connectivity index (χ2n) is 4.38. The molecular weight excluding hydrogens is 276 g/mol. The lowest BCUT2D eigenvalue weighted by atomic mass is 10.1. The molecule has 1 amide bonds. The van der Waals surface area contributed by atoms with Gasteiger partial charge in [-0.3, -0.25) is 9.69 Å². The smallest absolute Gasteiger partial charge is 0.276 e. The number of hydrogen-bond donors (Lipinski definition) is 2. The molecule has 0 atom stereocenters. The molecule has 0 aromatic heterocycles. The number of aromatic hydroxyl groups is 1. The molecule has 0 saturated carbocycles. The second kappa shape index (κ2) is 5.92. The zero-order valence-corrected chi connectivity index (χ0v) is 12.2. The van der Waals surface area contributed by atoms with E-state index in [4.69, 9.17) is 17.0 Å². The molecule has 106 valence electrons. The van der Waals surface area contributed by atoms with Gasteiger partial charge in [0.1, 0.15) is 5.70 Å². The first kappa shape index (κ1) is 14.3. The molecule has 0 radical (unpaired) electrons. The number of amides is 1. The highest BCUT2D eigenvalue weighted by Crippen LogP contribution is 2.27. The van der Waals surface area contributed by atoms with Crippen LogP contribution in [0.3, 0.4) is 0 Å². The van der Waals surface area contributed by atoms with Crippen LogP contribution in [0.2, 0.25) is 0 Å². The fraction of sp³-hybridized carbons (Fsp3) is 0.286. The largest absolute Gasteiger partial charge is 0.504 e. The van der Waals surface area contributed by atoms with Crippen molar-refractivity contribution in [3.8, 4) is 11.5 Å². The van der Waals surface area contributed by atoms with E-state index in [0.29, 0.717) is 28.7 Å². The summed E-state index contributed by atoms with van der Waals surface area (Å²) in [6.45, 7) is 2.58. The van der Waals surface area contributed by atoms with Crippen LogP contribution in [0.25, 0.3) is 6.08 Å². The van der Waals surface area contributed by atoms with Crippen molar-refractivity contribution in [3.05, 3.63) is 29.5 Å². The Bertz CT molecular complexity index is 584. The van der Waals surface area contributed by atoms with Crippen LogP contribution in [-0.2, 0) is 4.79 Å². The Hall–Kier alpha value is -2.08. The van der Waals surface area contributed by atoms with Gasteiger partial charge in [-0.1, -0.05) is 13.0 Å². The van der Waals surface area contributed by atoms with E-state index in [1.165, 1.54) is 18.1 Å². The molecule has 0 aliphatic carbocycles. The molecule has 1 saturated heterocycles. The lowest BCUT2D eigenvalue weighted by molar-refractivity contribution is -0.122. The van der Waals surface area contributed by atoms with Crippen LogP contribution in [0.4, 0.5) is 0 Å². The summed E-state index contributed by atoms with van der Waals surface area (Å²) in [5, 5.41) is 13.0. The molecular formula is C14H16N2O3S. The fourth-order valence-electron chi connectivity index (χ4n) is 1.96. The molecule has 1 aromatic carbocycles. The summed E-state index contributed by atoms with van der Waals surface area (Å²) < 4.78 is 4.97. The Labute approximate surface area is 122 Å². The summed E-state index contributed by atoms with van der Waals surface area (Å²) in [5.41, 5.74) is 1.10. The van der Waals surface area contributed by atoms with E-state index >= 15 is 0 Å². The molecule has 0 spiro atoms. The van der Waals surface area contributed by atoms with Gasteiger partial charge in [0.25, 0.3) is 5.91 Å². The number of phenolic OH excluding ortho intramolecular Hbond substituents is 1. The van der Waals surface area contributed by atoms with E-state index in [0.717, 1.165) is 6.42 Å². The molecule has 1 aliphatic rings. The van der Waals surface area contributed by atoms with Crippen LogP contribution in [0.1, 0.15) is 18.9 Å². The normalized spacial score (nSPS) is 16.7. The molecule has 1 fully saturated rings. The predicted octanol–water partition coefficient (Wildman–Crippen LogP) is 1.87. The van der Waals surface area contributed by atoms with E-state index < -0.39 is 0 Å². The molecule has 1 aromatic rings. The summed E-state index contributed by atoms with van der Waals surface area (Å²) >= 11 is 5.13. The average molecular weight is 292 g/mol. The lowest BCUT2D eigenvalue weighted by Gasteiger charge is -2.11. The van der Waals surface area contributed by atoms with E-state index in [1.54, 1.807) is 18.2 Å². The van der Waals surface area contributed by atoms with E-state index in [-0.39, 0.29) is 11.7 Å². The van der Waals surface area contributed by atoms with Gasteiger partial charge >= 0.3 is 0 Å². The standard InChI is InChI=1S/C14H16N2O3S/c1-3-6-16-13(18)10(15-14(16)20)7-9-4-5-12(19-2)11(17)8-9/h4-5,7-8,17H,3,6H2,1-2H3,(H,15,20). The van der Waals surface area contributed by atoms with Gasteiger partial charge in [0.05, 0.1) is 7.11 Å². The summed E-state index contributed by atoms with van der Waals surface area (Å²) in [4.78, 5) is 13.7. The van der Waals surface area contributed by atoms with Crippen molar-refractivity contribution in [3.63, 3.8) is 0 Å². The Morgan fingerprint density at radius 1 is 1.50 bits per heavy atom. The van der Waals surface area contributed by atoms with Gasteiger partial charge in [0.2, 0.25) is 0 Å². The van der Waals surface area contributed by atoms with Gasteiger partial charge in [-0.15, -0.1) is 0 Å². The molecule has 2 rings (SSSR count). The minimum absolute atomic E-state index is 0.0280.